The van der Waals surface area contributed by atoms with E-state index >= 15 is 0 Å². The number of ether oxygens (including phenoxy) is 3. The zero-order valence-electron chi connectivity index (χ0n) is 33.3. The highest BCUT2D eigenvalue weighted by molar-refractivity contribution is 5.71. The lowest BCUT2D eigenvalue weighted by molar-refractivity contribution is -0.889. The summed E-state index contributed by atoms with van der Waals surface area (Å²) in [6.07, 6.45) is 39.0. The molecule has 2 unspecified atom stereocenters. The third-order valence-electron chi connectivity index (χ3n) is 8.73. The molecule has 0 saturated carbocycles. The number of unbranched alkanes of at least 4 members (excludes halogenated alkanes) is 14. The molecule has 0 aromatic rings. The summed E-state index contributed by atoms with van der Waals surface area (Å²) < 4.78 is 16.9. The molecule has 0 aliphatic rings. The van der Waals surface area contributed by atoms with Crippen molar-refractivity contribution in [1.82, 2.24) is 0 Å². The summed E-state index contributed by atoms with van der Waals surface area (Å²) in [5, 5.41) is 11.6. The van der Waals surface area contributed by atoms with E-state index in [0.717, 1.165) is 51.4 Å². The fourth-order valence-electron chi connectivity index (χ4n) is 5.60. The van der Waals surface area contributed by atoms with Crippen molar-refractivity contribution in [1.29, 1.82) is 0 Å². The van der Waals surface area contributed by atoms with Gasteiger partial charge in [-0.25, -0.2) is 0 Å². The second-order valence-corrected chi connectivity index (χ2v) is 14.5. The highest BCUT2D eigenvalue weighted by atomic mass is 16.6. The van der Waals surface area contributed by atoms with Gasteiger partial charge in [-0.05, 0) is 51.4 Å². The summed E-state index contributed by atoms with van der Waals surface area (Å²) in [6, 6.07) is -0.739. The van der Waals surface area contributed by atoms with E-state index in [0.29, 0.717) is 6.42 Å². The Labute approximate surface area is 312 Å². The van der Waals surface area contributed by atoms with E-state index in [1.54, 1.807) is 27.2 Å². The summed E-state index contributed by atoms with van der Waals surface area (Å²) in [5.74, 6) is -1.90. The summed E-state index contributed by atoms with van der Waals surface area (Å²) in [6.45, 7) is 4.41. The molecule has 0 aromatic carbocycles. The predicted octanol–water partition coefficient (Wildman–Crippen LogP) is 9.13. The predicted molar refractivity (Wildman–Crippen MR) is 208 cm³/mol. The van der Waals surface area contributed by atoms with E-state index < -0.39 is 24.1 Å². The lowest BCUT2D eigenvalue weighted by Gasteiger charge is -2.34. The first-order chi connectivity index (χ1) is 24.6. The van der Waals surface area contributed by atoms with Gasteiger partial charge in [-0.15, -0.1) is 0 Å². The zero-order chi connectivity index (χ0) is 37.8. The van der Waals surface area contributed by atoms with Crippen LogP contribution in [0.3, 0.4) is 0 Å². The van der Waals surface area contributed by atoms with Crippen molar-refractivity contribution in [2.24, 2.45) is 0 Å². The Morgan fingerprint density at radius 1 is 0.627 bits per heavy atom. The Bertz CT molecular complexity index is 979. The molecule has 0 aliphatic heterocycles. The number of carbonyl (C=O) groups is 3. The second-order valence-electron chi connectivity index (χ2n) is 14.5. The van der Waals surface area contributed by atoms with Crippen LogP contribution in [0.5, 0.6) is 0 Å². The molecule has 0 aromatic heterocycles. The van der Waals surface area contributed by atoms with Gasteiger partial charge in [0.25, 0.3) is 0 Å². The Morgan fingerprint density at radius 2 is 1.16 bits per heavy atom. The van der Waals surface area contributed by atoms with Gasteiger partial charge in [0.2, 0.25) is 0 Å². The molecule has 0 heterocycles. The summed E-state index contributed by atoms with van der Waals surface area (Å²) in [5.41, 5.74) is 0. The maximum absolute atomic E-state index is 12.5. The molecule has 0 N–H and O–H groups in total. The number of quaternary nitrogens is 1. The Hall–Kier alpha value is -2.71. The Balaban J connectivity index is 4.37. The topological polar surface area (TPSA) is 102 Å². The molecular weight excluding hydrogens is 642 g/mol. The van der Waals surface area contributed by atoms with E-state index in [1.165, 1.54) is 70.6 Å². The lowest BCUT2D eigenvalue weighted by Crippen LogP contribution is -2.55. The van der Waals surface area contributed by atoms with Gasteiger partial charge in [0.05, 0.1) is 46.7 Å². The first-order valence-corrected chi connectivity index (χ1v) is 20.2. The molecule has 0 fully saturated rings. The van der Waals surface area contributed by atoms with E-state index in [9.17, 15) is 19.5 Å². The number of esters is 2. The van der Waals surface area contributed by atoms with Crippen LogP contribution in [0, 0.1) is 0 Å². The quantitative estimate of drug-likeness (QED) is 0.0279. The molecule has 0 rings (SSSR count). The van der Waals surface area contributed by atoms with Crippen molar-refractivity contribution in [3.05, 3.63) is 48.6 Å². The second kappa shape index (κ2) is 34.4. The largest absolute Gasteiger partial charge is 0.544 e. The Morgan fingerprint density at radius 3 is 1.71 bits per heavy atom. The van der Waals surface area contributed by atoms with Gasteiger partial charge in [-0.3, -0.25) is 9.59 Å². The molecule has 51 heavy (non-hydrogen) atoms. The molecule has 0 amide bonds. The maximum atomic E-state index is 12.5. The average Bonchev–Trinajstić information content (AvgIpc) is 3.08. The van der Waals surface area contributed by atoms with Crippen LogP contribution < -0.4 is 5.11 Å². The van der Waals surface area contributed by atoms with E-state index in [-0.39, 0.29) is 43.1 Å². The molecule has 294 valence electrons. The normalized spacial score (nSPS) is 13.5. The molecule has 0 bridgehead atoms. The van der Waals surface area contributed by atoms with Crippen LogP contribution in [-0.4, -0.2) is 75.5 Å². The van der Waals surface area contributed by atoms with Gasteiger partial charge >= 0.3 is 11.9 Å². The number of allylic oxidation sites excluding steroid dienone is 7. The SMILES string of the molecule is CC/C=C/C/C=C/C/C=C/CC(=O)OC(COCCC(C(=O)[O-])[N+](C)(C)C)COC(=O)CCCCCCC/C=C/CCCCCCCCCCC. The maximum Gasteiger partial charge on any atom is 0.310 e. The number of carboxylic acids is 1. The zero-order valence-corrected chi connectivity index (χ0v) is 33.3. The molecule has 0 aliphatic carbocycles. The van der Waals surface area contributed by atoms with Gasteiger partial charge in [-0.1, -0.05) is 133 Å². The molecule has 8 heteroatoms. The van der Waals surface area contributed by atoms with E-state index in [1.807, 2.05) is 12.2 Å². The van der Waals surface area contributed by atoms with Crippen LogP contribution in [0.15, 0.2) is 48.6 Å². The van der Waals surface area contributed by atoms with E-state index in [2.05, 4.69) is 44.2 Å². The average molecular weight is 718 g/mol. The molecule has 0 saturated heterocycles. The minimum atomic E-state index is -1.14. The van der Waals surface area contributed by atoms with Gasteiger partial charge in [-0.2, -0.15) is 0 Å². The van der Waals surface area contributed by atoms with Crippen LogP contribution in [0.4, 0.5) is 0 Å². The van der Waals surface area contributed by atoms with Gasteiger partial charge in [0.1, 0.15) is 12.6 Å². The lowest BCUT2D eigenvalue weighted by atomic mass is 10.1. The van der Waals surface area contributed by atoms with E-state index in [4.69, 9.17) is 14.2 Å². The number of carboxylic acid groups (broad SMARTS) is 1. The third-order valence-corrected chi connectivity index (χ3v) is 8.73. The van der Waals surface area contributed by atoms with Crippen LogP contribution in [-0.2, 0) is 28.6 Å². The number of hydrogen-bond donors (Lipinski definition) is 0. The first-order valence-electron chi connectivity index (χ1n) is 20.2. The number of hydrogen-bond acceptors (Lipinski definition) is 7. The summed E-state index contributed by atoms with van der Waals surface area (Å²) >= 11 is 0. The number of carbonyl (C=O) groups excluding carboxylic acids is 3. The van der Waals surface area contributed by atoms with Crippen LogP contribution in [0.25, 0.3) is 0 Å². The van der Waals surface area contributed by atoms with Crippen LogP contribution in [0.2, 0.25) is 0 Å². The van der Waals surface area contributed by atoms with Crippen LogP contribution >= 0.6 is 0 Å². The van der Waals surface area contributed by atoms with Crippen molar-refractivity contribution in [2.45, 2.75) is 167 Å². The highest BCUT2D eigenvalue weighted by Gasteiger charge is 2.25. The number of likely N-dealkylation sites (N-methyl/N-ethyl adjacent to an activating group) is 1. The highest BCUT2D eigenvalue weighted by Crippen LogP contribution is 2.13. The summed E-state index contributed by atoms with van der Waals surface area (Å²) in [4.78, 5) is 36.6. The molecule has 8 nitrogen and oxygen atoms in total. The minimum Gasteiger partial charge on any atom is -0.544 e. The van der Waals surface area contributed by atoms with Crippen molar-refractivity contribution < 1.29 is 38.2 Å². The number of aliphatic carboxylic acids is 1. The van der Waals surface area contributed by atoms with Crippen LogP contribution in [0.1, 0.15) is 155 Å². The fourth-order valence-corrected chi connectivity index (χ4v) is 5.60. The first kappa shape index (κ1) is 48.3. The minimum absolute atomic E-state index is 0.00129. The molecular formula is C43H75NO7. The summed E-state index contributed by atoms with van der Waals surface area (Å²) in [7, 11) is 5.36. The van der Waals surface area contributed by atoms with Crippen molar-refractivity contribution in [3.63, 3.8) is 0 Å². The van der Waals surface area contributed by atoms with Crippen molar-refractivity contribution in [3.8, 4) is 0 Å². The Kier molecular flexibility index (Phi) is 32.6. The fraction of sp³-hybridized carbons (Fsp3) is 0.744. The number of nitrogens with zero attached hydrogens (tertiary/aromatic N) is 1. The van der Waals surface area contributed by atoms with Gasteiger partial charge in [0.15, 0.2) is 6.10 Å². The molecule has 2 atom stereocenters. The van der Waals surface area contributed by atoms with Crippen molar-refractivity contribution in [2.75, 3.05) is 41.0 Å². The smallest absolute Gasteiger partial charge is 0.310 e. The monoisotopic (exact) mass is 718 g/mol. The number of rotatable bonds is 35. The molecule has 0 radical (unpaired) electrons. The van der Waals surface area contributed by atoms with Gasteiger partial charge in [0, 0.05) is 12.8 Å². The third kappa shape index (κ3) is 32.9. The standard InChI is InChI=1S/C43H75NO7/c1-6-8-10-12-14-16-17-18-19-20-21-22-23-24-26-27-29-31-33-41(45)50-38-39(37-49-36-35-40(43(47)48)44(3,4)5)51-42(46)34-32-30-28-25-15-13-11-9-7-2/h9,11,15,21-22,25,30,32,39-40H,6-8,10,12-14,16-20,23-24,26-29,31,33-38H2,1-5H3/b11-9+,22-21+,25-15+,32-30+. The molecule has 0 spiro atoms. The van der Waals surface area contributed by atoms with Gasteiger partial charge < -0.3 is 28.6 Å². The van der Waals surface area contributed by atoms with Crippen molar-refractivity contribution >= 4 is 17.9 Å².